The molecule has 2 aromatic heterocycles. The molecule has 2 heterocycles. The van der Waals surface area contributed by atoms with Gasteiger partial charge in [-0.05, 0) is 5.82 Å². The first-order valence-electron chi connectivity index (χ1n) is 6.82. The Balaban J connectivity index is 0. The molecule has 2 rings (SSSR count). The largest absolute Gasteiger partial charge is 0.444 e. The maximum atomic E-state index is 5.69. The summed E-state index contributed by atoms with van der Waals surface area (Å²) in [7, 11) is 0. The predicted octanol–water partition coefficient (Wildman–Crippen LogP) is 2.43. The monoisotopic (exact) mass is 476 g/mol. The Morgan fingerprint density at radius 1 is 0.833 bits per heavy atom. The molecule has 126 valence electrons. The van der Waals surface area contributed by atoms with Gasteiger partial charge >= 0.3 is 0 Å². The Labute approximate surface area is 194 Å². The van der Waals surface area contributed by atoms with Gasteiger partial charge in [0.2, 0.25) is 0 Å². The molecule has 24 heavy (non-hydrogen) atoms. The summed E-state index contributed by atoms with van der Waals surface area (Å²) in [4.78, 5) is 0. The Hall–Kier alpha value is -0.292. The van der Waals surface area contributed by atoms with Crippen molar-refractivity contribution in [2.75, 3.05) is 11.5 Å². The van der Waals surface area contributed by atoms with E-state index in [0.29, 0.717) is 11.5 Å². The molecule has 2 aromatic rings. The van der Waals surface area contributed by atoms with Crippen LogP contribution in [0.5, 0.6) is 0 Å². The molecular formula is C16H22N6Y2-4. The van der Waals surface area contributed by atoms with Crippen LogP contribution in [-0.4, -0.2) is 21.8 Å². The smallest absolute Gasteiger partial charge is 0 e. The van der Waals surface area contributed by atoms with E-state index >= 15 is 0 Å². The second-order valence-corrected chi connectivity index (χ2v) is 4.75. The van der Waals surface area contributed by atoms with Crippen LogP contribution >= 0.6 is 0 Å². The number of aryl methyl sites for hydroxylation is 1. The topological polar surface area (TPSA) is 86.6 Å². The Kier molecular flexibility index (Phi) is 13.1. The van der Waals surface area contributed by atoms with E-state index in [0.717, 1.165) is 22.4 Å². The van der Waals surface area contributed by atoms with E-state index in [1.807, 2.05) is 27.7 Å². The normalized spacial score (nSPS) is 10.2. The Morgan fingerprint density at radius 2 is 1.33 bits per heavy atom. The number of anilines is 2. The molecule has 6 nitrogen and oxygen atoms in total. The van der Waals surface area contributed by atoms with Gasteiger partial charge in [0.25, 0.3) is 0 Å². The molecule has 2 radical (unpaired) electrons. The number of nitrogens with two attached hydrogens (primary N) is 2. The second-order valence-electron chi connectivity index (χ2n) is 4.75. The molecule has 0 bridgehead atoms. The molecule has 0 saturated carbocycles. The molecule has 0 atom stereocenters. The van der Waals surface area contributed by atoms with Gasteiger partial charge in [0.15, 0.2) is 0 Å². The first kappa shape index (κ1) is 25.9. The molecule has 0 aliphatic rings. The number of hydrogen-bond donors (Lipinski definition) is 2. The maximum absolute atomic E-state index is 5.69. The van der Waals surface area contributed by atoms with Gasteiger partial charge in [-0.15, -0.1) is 5.69 Å². The third-order valence-corrected chi connectivity index (χ3v) is 3.34. The van der Waals surface area contributed by atoms with E-state index in [9.17, 15) is 0 Å². The van der Waals surface area contributed by atoms with Gasteiger partial charge in [0, 0.05) is 65.4 Å². The molecule has 0 saturated heterocycles. The zero-order valence-corrected chi connectivity index (χ0v) is 20.8. The van der Waals surface area contributed by atoms with Crippen molar-refractivity contribution in [1.29, 1.82) is 0 Å². The summed E-state index contributed by atoms with van der Waals surface area (Å²) < 4.78 is 3.11. The molecule has 0 spiro atoms. The van der Waals surface area contributed by atoms with Crippen molar-refractivity contribution in [3.63, 3.8) is 0 Å². The van der Waals surface area contributed by atoms with Crippen molar-refractivity contribution >= 4 is 23.9 Å². The second kappa shape index (κ2) is 12.1. The van der Waals surface area contributed by atoms with Crippen molar-refractivity contribution < 1.29 is 65.4 Å². The minimum Gasteiger partial charge on any atom is -0.444 e. The molecule has 8 heteroatoms. The van der Waals surface area contributed by atoms with Crippen LogP contribution in [0.1, 0.15) is 36.2 Å². The van der Waals surface area contributed by atoms with E-state index in [2.05, 4.69) is 35.0 Å². The molecule has 0 aromatic carbocycles. The summed E-state index contributed by atoms with van der Waals surface area (Å²) in [6.07, 6.45) is 11.2. The predicted molar refractivity (Wildman–Crippen MR) is 91.3 cm³/mol. The Morgan fingerprint density at radius 3 is 1.67 bits per heavy atom. The van der Waals surface area contributed by atoms with Crippen LogP contribution in [0.15, 0.2) is 10.2 Å². The first-order valence-corrected chi connectivity index (χ1v) is 6.82. The third-order valence-electron chi connectivity index (χ3n) is 3.34. The summed E-state index contributed by atoms with van der Waals surface area (Å²) in [6.45, 7) is 11.2. The van der Waals surface area contributed by atoms with E-state index in [1.54, 1.807) is 18.5 Å². The fourth-order valence-corrected chi connectivity index (χ4v) is 1.67. The van der Waals surface area contributed by atoms with Crippen LogP contribution in [-0.2, 0) is 65.4 Å². The molecule has 4 N–H and O–H groups in total. The first-order chi connectivity index (χ1) is 10.3. The van der Waals surface area contributed by atoms with Crippen LogP contribution in [0, 0.1) is 40.1 Å². The quantitative estimate of drug-likeness (QED) is 0.516. The number of nitrogen functional groups attached to an aromatic ring is 2. The fraction of sp³-hybridized carbons (Fsp3) is 0.375. The minimum absolute atomic E-state index is 0. The molecule has 0 amide bonds. The van der Waals surface area contributed by atoms with E-state index in [1.165, 1.54) is 4.68 Å². The molecular weight excluding hydrogens is 454 g/mol. The minimum atomic E-state index is 0. The summed E-state index contributed by atoms with van der Waals surface area (Å²) >= 11 is 0. The average molecular weight is 476 g/mol. The van der Waals surface area contributed by atoms with Crippen molar-refractivity contribution in [3.05, 3.63) is 34.8 Å². The molecule has 0 aliphatic heterocycles. The van der Waals surface area contributed by atoms with Crippen LogP contribution in [0.25, 0.3) is 0 Å². The van der Waals surface area contributed by atoms with Crippen molar-refractivity contribution in [3.8, 4) is 0 Å². The number of nitrogens with zero attached hydrogens (tertiary/aromatic N) is 4. The number of rotatable bonds is 2. The van der Waals surface area contributed by atoms with Crippen molar-refractivity contribution in [2.45, 2.75) is 41.5 Å². The van der Waals surface area contributed by atoms with E-state index < -0.39 is 0 Å². The molecule has 0 fully saturated rings. The van der Waals surface area contributed by atoms with E-state index in [4.69, 9.17) is 11.5 Å². The summed E-state index contributed by atoms with van der Waals surface area (Å²) in [5, 5.41) is 7.79. The zero-order chi connectivity index (χ0) is 16.9. The van der Waals surface area contributed by atoms with Gasteiger partial charge in [-0.2, -0.15) is 30.5 Å². The average Bonchev–Trinajstić information content (AvgIpc) is 2.86. The zero-order valence-electron chi connectivity index (χ0n) is 15.1. The SMILES string of the molecule is C[C-]=Nn1[c-]c(C)c(C)c1N.C[C-]=Nn1[c-]c(N)c(C)c1C.[Y].[Y]. The summed E-state index contributed by atoms with van der Waals surface area (Å²) in [5.41, 5.74) is 16.1. The number of aromatic nitrogens is 2. The third kappa shape index (κ3) is 6.55. The van der Waals surface area contributed by atoms with Crippen LogP contribution in [0.4, 0.5) is 11.5 Å². The molecule has 0 aliphatic carbocycles. The van der Waals surface area contributed by atoms with Crippen molar-refractivity contribution in [1.82, 2.24) is 9.35 Å². The maximum Gasteiger partial charge on any atom is 0 e. The van der Waals surface area contributed by atoms with Crippen LogP contribution < -0.4 is 11.5 Å². The van der Waals surface area contributed by atoms with Gasteiger partial charge < -0.3 is 43.5 Å². The molecule has 0 unspecified atom stereocenters. The Bertz CT molecular complexity index is 638. The van der Waals surface area contributed by atoms with Crippen LogP contribution in [0.2, 0.25) is 0 Å². The van der Waals surface area contributed by atoms with Gasteiger partial charge in [-0.3, -0.25) is 0 Å². The van der Waals surface area contributed by atoms with E-state index in [-0.39, 0.29) is 65.4 Å². The van der Waals surface area contributed by atoms with Gasteiger partial charge in [-0.25, -0.2) is 0 Å². The van der Waals surface area contributed by atoms with Gasteiger partial charge in [0.05, 0.1) is 0 Å². The summed E-state index contributed by atoms with van der Waals surface area (Å²) in [5.74, 6) is 0.636. The van der Waals surface area contributed by atoms with Crippen LogP contribution in [0.3, 0.4) is 0 Å². The van der Waals surface area contributed by atoms with Gasteiger partial charge in [-0.1, -0.05) is 45.8 Å². The fourth-order valence-electron chi connectivity index (χ4n) is 1.67. The summed E-state index contributed by atoms with van der Waals surface area (Å²) in [6, 6.07) is 0. The standard InChI is InChI=1S/2C8H11N3.2Y/c1-4-10-11-5-8(9)6(2)7(11)3;1-4-10-11-5-6(2)7(3)8(11)9;;/h2*9H2,1-3H3;;/q2*-2;;. The number of hydrogen-bond acceptors (Lipinski definition) is 4. The van der Waals surface area contributed by atoms with Crippen molar-refractivity contribution in [2.24, 2.45) is 10.2 Å². The van der Waals surface area contributed by atoms with Gasteiger partial charge in [0.1, 0.15) is 0 Å².